The molecular formula is C12H13BrCl2FNO2S. The molecule has 0 amide bonds. The highest BCUT2D eigenvalue weighted by atomic mass is 79.9. The van der Waals surface area contributed by atoms with E-state index in [0.717, 1.165) is 24.6 Å². The predicted octanol–water partition coefficient (Wildman–Crippen LogP) is 3.98. The topological polar surface area (TPSA) is 46.2 Å². The molecule has 1 aliphatic rings. The zero-order valence-electron chi connectivity index (χ0n) is 10.4. The van der Waals surface area contributed by atoms with Crippen LogP contribution in [0.1, 0.15) is 19.3 Å². The van der Waals surface area contributed by atoms with Crippen LogP contribution in [0.2, 0.25) is 10.0 Å². The monoisotopic (exact) mass is 403 g/mol. The molecular weight excluding hydrogens is 392 g/mol. The van der Waals surface area contributed by atoms with E-state index in [0.29, 0.717) is 6.54 Å². The fraction of sp³-hybridized carbons (Fsp3) is 0.500. The minimum atomic E-state index is -3.84. The molecule has 3 nitrogen and oxygen atoms in total. The lowest BCUT2D eigenvalue weighted by atomic mass is 10.1. The van der Waals surface area contributed by atoms with Gasteiger partial charge in [-0.1, -0.05) is 39.1 Å². The van der Waals surface area contributed by atoms with Gasteiger partial charge in [0.15, 0.2) is 5.82 Å². The molecule has 2 rings (SSSR count). The van der Waals surface area contributed by atoms with Gasteiger partial charge in [-0.25, -0.2) is 17.5 Å². The molecule has 0 atom stereocenters. The van der Waals surface area contributed by atoms with Gasteiger partial charge in [-0.3, -0.25) is 0 Å². The summed E-state index contributed by atoms with van der Waals surface area (Å²) in [5, 5.41) is 0.146. The van der Waals surface area contributed by atoms with Gasteiger partial charge in [0.2, 0.25) is 10.0 Å². The zero-order chi connectivity index (χ0) is 15.0. The number of nitrogens with one attached hydrogen (secondary N) is 1. The van der Waals surface area contributed by atoms with Gasteiger partial charge in [0.25, 0.3) is 0 Å². The molecule has 0 spiro atoms. The number of alkyl halides is 1. The Morgan fingerprint density at radius 3 is 2.55 bits per heavy atom. The highest BCUT2D eigenvalue weighted by Gasteiger charge is 2.42. The molecule has 0 heterocycles. The highest BCUT2D eigenvalue weighted by Crippen LogP contribution is 2.48. The number of hydrogen-bond donors (Lipinski definition) is 1. The van der Waals surface area contributed by atoms with Crippen molar-refractivity contribution in [1.82, 2.24) is 4.72 Å². The van der Waals surface area contributed by atoms with E-state index in [1.54, 1.807) is 0 Å². The quantitative estimate of drug-likeness (QED) is 0.575. The summed E-state index contributed by atoms with van der Waals surface area (Å²) in [5.41, 5.74) is 0.0218. The van der Waals surface area contributed by atoms with Crippen LogP contribution in [-0.2, 0) is 10.0 Å². The van der Waals surface area contributed by atoms with E-state index in [1.165, 1.54) is 12.1 Å². The zero-order valence-corrected chi connectivity index (χ0v) is 14.3. The van der Waals surface area contributed by atoms with Crippen LogP contribution in [0.4, 0.5) is 4.39 Å². The van der Waals surface area contributed by atoms with E-state index in [2.05, 4.69) is 20.7 Å². The van der Waals surface area contributed by atoms with Gasteiger partial charge < -0.3 is 0 Å². The summed E-state index contributed by atoms with van der Waals surface area (Å²) in [5.74, 6) is -0.919. The van der Waals surface area contributed by atoms with Crippen molar-refractivity contribution >= 4 is 49.2 Å². The third-order valence-electron chi connectivity index (χ3n) is 3.51. The molecule has 112 valence electrons. The molecule has 1 N–H and O–H groups in total. The van der Waals surface area contributed by atoms with Gasteiger partial charge in [-0.15, -0.1) is 0 Å². The van der Waals surface area contributed by atoms with Crippen LogP contribution in [0, 0.1) is 11.2 Å². The number of rotatable bonds is 6. The third-order valence-corrected chi connectivity index (χ3v) is 6.12. The lowest BCUT2D eigenvalue weighted by Crippen LogP contribution is -2.30. The second kappa shape index (κ2) is 6.08. The molecule has 0 saturated heterocycles. The molecule has 0 aliphatic heterocycles. The molecule has 0 bridgehead atoms. The van der Waals surface area contributed by atoms with Crippen molar-refractivity contribution < 1.29 is 12.8 Å². The summed E-state index contributed by atoms with van der Waals surface area (Å²) in [6, 6.07) is 2.39. The molecule has 8 heteroatoms. The van der Waals surface area contributed by atoms with Gasteiger partial charge in [-0.05, 0) is 36.8 Å². The van der Waals surface area contributed by atoms with Crippen LogP contribution in [0.25, 0.3) is 0 Å². The number of benzene rings is 1. The highest BCUT2D eigenvalue weighted by molar-refractivity contribution is 9.09. The van der Waals surface area contributed by atoms with E-state index in [4.69, 9.17) is 23.2 Å². The van der Waals surface area contributed by atoms with Crippen LogP contribution in [0.3, 0.4) is 0 Å². The van der Waals surface area contributed by atoms with Crippen molar-refractivity contribution in [1.29, 1.82) is 0 Å². The van der Waals surface area contributed by atoms with Gasteiger partial charge in [0.05, 0.1) is 10.0 Å². The van der Waals surface area contributed by atoms with Gasteiger partial charge >= 0.3 is 0 Å². The van der Waals surface area contributed by atoms with E-state index < -0.39 is 20.9 Å². The summed E-state index contributed by atoms with van der Waals surface area (Å²) in [4.78, 5) is -0.282. The van der Waals surface area contributed by atoms with Crippen LogP contribution in [0.5, 0.6) is 0 Å². The molecule has 20 heavy (non-hydrogen) atoms. The second-order valence-corrected chi connectivity index (χ2v) is 8.25. The summed E-state index contributed by atoms with van der Waals surface area (Å²) in [7, 11) is -3.84. The van der Waals surface area contributed by atoms with Crippen molar-refractivity contribution in [2.75, 3.05) is 11.9 Å². The van der Waals surface area contributed by atoms with Gasteiger partial charge in [0, 0.05) is 11.9 Å². The molecule has 1 aromatic carbocycles. The fourth-order valence-corrected chi connectivity index (χ4v) is 4.67. The molecule has 0 unspecified atom stereocenters. The van der Waals surface area contributed by atoms with Gasteiger partial charge in [-0.2, -0.15) is 0 Å². The number of hydrogen-bond acceptors (Lipinski definition) is 2. The van der Waals surface area contributed by atoms with Crippen LogP contribution < -0.4 is 4.72 Å². The smallest absolute Gasteiger partial charge is 0.211 e. The van der Waals surface area contributed by atoms with Crippen molar-refractivity contribution in [2.24, 2.45) is 5.41 Å². The summed E-state index contributed by atoms with van der Waals surface area (Å²) in [6.07, 6.45) is 2.88. The SMILES string of the molecule is O=S(=O)(NCC1(CCBr)CC1)c1ccc(Cl)c(F)c1Cl. The Labute approximate surface area is 136 Å². The first kappa shape index (κ1) is 16.5. The molecule has 0 radical (unpaired) electrons. The van der Waals surface area contributed by atoms with E-state index in [9.17, 15) is 12.8 Å². The van der Waals surface area contributed by atoms with Crippen LogP contribution in [0.15, 0.2) is 17.0 Å². The van der Waals surface area contributed by atoms with Crippen molar-refractivity contribution in [2.45, 2.75) is 24.2 Å². The summed E-state index contributed by atoms with van der Waals surface area (Å²) in [6.45, 7) is 0.335. The molecule has 1 fully saturated rings. The first-order valence-corrected chi connectivity index (χ1v) is 9.36. The summed E-state index contributed by atoms with van der Waals surface area (Å²) >= 11 is 14.6. The normalized spacial score (nSPS) is 17.2. The average Bonchev–Trinajstić information content (AvgIpc) is 3.14. The Morgan fingerprint density at radius 2 is 2.00 bits per heavy atom. The molecule has 1 aliphatic carbocycles. The molecule has 1 saturated carbocycles. The minimum Gasteiger partial charge on any atom is -0.211 e. The maximum absolute atomic E-state index is 13.6. The number of halogens is 4. The predicted molar refractivity (Wildman–Crippen MR) is 81.7 cm³/mol. The summed E-state index contributed by atoms with van der Waals surface area (Å²) < 4.78 is 40.4. The van der Waals surface area contributed by atoms with E-state index in [-0.39, 0.29) is 15.3 Å². The molecule has 0 aromatic heterocycles. The Hall–Kier alpha value is 0.120. The average molecular weight is 405 g/mol. The maximum atomic E-state index is 13.6. The first-order chi connectivity index (χ1) is 9.31. The van der Waals surface area contributed by atoms with Crippen molar-refractivity contribution in [3.8, 4) is 0 Å². The molecule has 1 aromatic rings. The largest absolute Gasteiger partial charge is 0.242 e. The van der Waals surface area contributed by atoms with E-state index in [1.807, 2.05) is 0 Å². The van der Waals surface area contributed by atoms with Gasteiger partial charge in [0.1, 0.15) is 4.90 Å². The Morgan fingerprint density at radius 1 is 1.35 bits per heavy atom. The maximum Gasteiger partial charge on any atom is 0.242 e. The minimum absolute atomic E-state index is 0.0218. The standard InChI is InChI=1S/C12H13BrCl2FNO2S/c13-6-5-12(3-4-12)7-17-20(18,19)9-2-1-8(14)11(16)10(9)15/h1-2,17H,3-7H2. The Balaban J connectivity index is 2.17. The van der Waals surface area contributed by atoms with Crippen LogP contribution in [-0.4, -0.2) is 20.3 Å². The fourth-order valence-electron chi connectivity index (χ4n) is 1.93. The number of sulfonamides is 1. The lowest BCUT2D eigenvalue weighted by molar-refractivity contribution is 0.480. The van der Waals surface area contributed by atoms with E-state index >= 15 is 0 Å². The third kappa shape index (κ3) is 3.47. The Kier molecular flexibility index (Phi) is 5.02. The first-order valence-electron chi connectivity index (χ1n) is 6.00. The van der Waals surface area contributed by atoms with Crippen molar-refractivity contribution in [3.05, 3.63) is 28.0 Å². The van der Waals surface area contributed by atoms with Crippen LogP contribution >= 0.6 is 39.1 Å². The van der Waals surface area contributed by atoms with Crippen molar-refractivity contribution in [3.63, 3.8) is 0 Å². The lowest BCUT2D eigenvalue weighted by Gasteiger charge is -2.15. The Bertz CT molecular complexity index is 620. The second-order valence-electron chi connectivity index (χ2n) is 4.94.